The van der Waals surface area contributed by atoms with E-state index in [0.29, 0.717) is 13.1 Å². The Kier molecular flexibility index (Phi) is 4.32. The summed E-state index contributed by atoms with van der Waals surface area (Å²) in [6, 6.07) is 7.59. The number of ketones is 1. The molecule has 0 saturated carbocycles. The summed E-state index contributed by atoms with van der Waals surface area (Å²) < 4.78 is 0. The highest BCUT2D eigenvalue weighted by Crippen LogP contribution is 2.16. The van der Waals surface area contributed by atoms with Gasteiger partial charge in [-0.3, -0.25) is 14.5 Å². The fourth-order valence-corrected chi connectivity index (χ4v) is 2.47. The monoisotopic (exact) mass is 260 g/mol. The number of primary amides is 1. The Bertz CT molecular complexity index is 468. The summed E-state index contributed by atoms with van der Waals surface area (Å²) in [5.41, 5.74) is 7.21. The molecule has 0 spiro atoms. The molecule has 1 unspecified atom stereocenters. The Morgan fingerprint density at radius 1 is 1.32 bits per heavy atom. The number of carbonyl (C=O) groups is 2. The Labute approximate surface area is 113 Å². The van der Waals surface area contributed by atoms with E-state index in [1.165, 1.54) is 0 Å². The molecule has 0 aliphatic carbocycles. The van der Waals surface area contributed by atoms with Crippen LogP contribution in [0.2, 0.25) is 0 Å². The van der Waals surface area contributed by atoms with Gasteiger partial charge in [-0.05, 0) is 26.3 Å². The summed E-state index contributed by atoms with van der Waals surface area (Å²) in [5, 5.41) is 0. The Balaban J connectivity index is 1.95. The number of rotatable bonds is 4. The van der Waals surface area contributed by atoms with Crippen molar-refractivity contribution in [1.82, 2.24) is 4.90 Å². The average Bonchev–Trinajstić information content (AvgIpc) is 2.39. The smallest absolute Gasteiger partial charge is 0.221 e. The Morgan fingerprint density at radius 3 is 2.63 bits per heavy atom. The van der Waals surface area contributed by atoms with Crippen LogP contribution in [-0.2, 0) is 4.79 Å². The number of likely N-dealkylation sites (tertiary alicyclic amines) is 1. The summed E-state index contributed by atoms with van der Waals surface area (Å²) in [6.07, 6.45) is 1.76. The lowest BCUT2D eigenvalue weighted by atomic mass is 9.97. The van der Waals surface area contributed by atoms with Gasteiger partial charge in [0.05, 0.1) is 12.5 Å². The molecule has 1 saturated heterocycles. The number of hydrogen-bond donors (Lipinski definition) is 1. The zero-order chi connectivity index (χ0) is 13.8. The number of Topliss-reactive ketones (excluding diaryl/α,β-unsaturated/α-hetero) is 1. The highest BCUT2D eigenvalue weighted by Gasteiger charge is 2.25. The van der Waals surface area contributed by atoms with Crippen molar-refractivity contribution in [3.05, 3.63) is 35.4 Å². The van der Waals surface area contributed by atoms with E-state index in [9.17, 15) is 9.59 Å². The van der Waals surface area contributed by atoms with Gasteiger partial charge in [0.2, 0.25) is 5.91 Å². The van der Waals surface area contributed by atoms with Crippen molar-refractivity contribution >= 4 is 11.7 Å². The van der Waals surface area contributed by atoms with Gasteiger partial charge in [-0.25, -0.2) is 0 Å². The Morgan fingerprint density at radius 2 is 2.00 bits per heavy atom. The number of aryl methyl sites for hydroxylation is 1. The second-order valence-electron chi connectivity index (χ2n) is 5.27. The number of nitrogens with zero attached hydrogens (tertiary/aromatic N) is 1. The number of hydrogen-bond acceptors (Lipinski definition) is 3. The fourth-order valence-electron chi connectivity index (χ4n) is 2.47. The molecule has 0 aromatic heterocycles. The molecule has 1 heterocycles. The molecule has 1 aliphatic heterocycles. The second kappa shape index (κ2) is 5.97. The van der Waals surface area contributed by atoms with Gasteiger partial charge in [-0.1, -0.05) is 29.8 Å². The molecule has 2 N–H and O–H groups in total. The summed E-state index contributed by atoms with van der Waals surface area (Å²) >= 11 is 0. The first-order chi connectivity index (χ1) is 9.06. The highest BCUT2D eigenvalue weighted by atomic mass is 16.1. The lowest BCUT2D eigenvalue weighted by molar-refractivity contribution is -0.123. The van der Waals surface area contributed by atoms with E-state index in [-0.39, 0.29) is 17.6 Å². The van der Waals surface area contributed by atoms with Gasteiger partial charge < -0.3 is 5.73 Å². The van der Waals surface area contributed by atoms with E-state index in [1.54, 1.807) is 0 Å². The lowest BCUT2D eigenvalue weighted by Crippen LogP contribution is -2.43. The van der Waals surface area contributed by atoms with Gasteiger partial charge in [0.1, 0.15) is 0 Å². The number of benzene rings is 1. The lowest BCUT2D eigenvalue weighted by Gasteiger charge is -2.30. The van der Waals surface area contributed by atoms with Crippen molar-refractivity contribution in [2.45, 2.75) is 19.8 Å². The van der Waals surface area contributed by atoms with Gasteiger partial charge in [0.15, 0.2) is 5.78 Å². The average molecular weight is 260 g/mol. The van der Waals surface area contributed by atoms with E-state index < -0.39 is 0 Å². The van der Waals surface area contributed by atoms with E-state index in [2.05, 4.69) is 0 Å². The normalized spacial score (nSPS) is 20.2. The van der Waals surface area contributed by atoms with E-state index in [4.69, 9.17) is 5.73 Å². The molecular formula is C15H20N2O2. The molecule has 1 aliphatic rings. The van der Waals surface area contributed by atoms with Crippen LogP contribution < -0.4 is 5.73 Å². The molecule has 2 rings (SSSR count). The maximum absolute atomic E-state index is 12.1. The molecule has 4 heteroatoms. The van der Waals surface area contributed by atoms with Crippen molar-refractivity contribution in [2.24, 2.45) is 11.7 Å². The molecule has 19 heavy (non-hydrogen) atoms. The van der Waals surface area contributed by atoms with Crippen LogP contribution in [0, 0.1) is 12.8 Å². The first-order valence-corrected chi connectivity index (χ1v) is 6.68. The van der Waals surface area contributed by atoms with Crippen LogP contribution in [0.4, 0.5) is 0 Å². The van der Waals surface area contributed by atoms with Crippen LogP contribution in [0.1, 0.15) is 28.8 Å². The first-order valence-electron chi connectivity index (χ1n) is 6.68. The number of amides is 1. The molecule has 1 fully saturated rings. The molecule has 0 bridgehead atoms. The van der Waals surface area contributed by atoms with E-state index >= 15 is 0 Å². The fraction of sp³-hybridized carbons (Fsp3) is 0.467. The van der Waals surface area contributed by atoms with Crippen molar-refractivity contribution < 1.29 is 9.59 Å². The first kappa shape index (κ1) is 13.7. The Hall–Kier alpha value is -1.68. The molecule has 0 radical (unpaired) electrons. The standard InChI is InChI=1S/C15H20N2O2/c1-11-4-6-12(7-5-11)14(18)10-17-8-2-3-13(9-17)15(16)19/h4-7,13H,2-3,8-10H2,1H3,(H2,16,19). The second-order valence-corrected chi connectivity index (χ2v) is 5.27. The van der Waals surface area contributed by atoms with Crippen molar-refractivity contribution in [1.29, 1.82) is 0 Å². The molecule has 102 valence electrons. The van der Waals surface area contributed by atoms with Gasteiger partial charge in [-0.15, -0.1) is 0 Å². The molecule has 4 nitrogen and oxygen atoms in total. The van der Waals surface area contributed by atoms with Gasteiger partial charge in [0.25, 0.3) is 0 Å². The van der Waals surface area contributed by atoms with E-state index in [1.807, 2.05) is 36.1 Å². The van der Waals surface area contributed by atoms with Crippen molar-refractivity contribution in [2.75, 3.05) is 19.6 Å². The summed E-state index contributed by atoms with van der Waals surface area (Å²) in [4.78, 5) is 25.4. The summed E-state index contributed by atoms with van der Waals surface area (Å²) in [7, 11) is 0. The largest absolute Gasteiger partial charge is 0.369 e. The van der Waals surface area contributed by atoms with Crippen LogP contribution in [-0.4, -0.2) is 36.2 Å². The maximum atomic E-state index is 12.1. The van der Waals surface area contributed by atoms with Gasteiger partial charge in [0, 0.05) is 12.1 Å². The van der Waals surface area contributed by atoms with Gasteiger partial charge in [-0.2, -0.15) is 0 Å². The van der Waals surface area contributed by atoms with Crippen LogP contribution in [0.3, 0.4) is 0 Å². The SMILES string of the molecule is Cc1ccc(C(=O)CN2CCCC(C(N)=O)C2)cc1. The van der Waals surface area contributed by atoms with Crippen molar-refractivity contribution in [3.63, 3.8) is 0 Å². The molecule has 1 amide bonds. The summed E-state index contributed by atoms with van der Waals surface area (Å²) in [5.74, 6) is -0.267. The molecule has 1 aromatic rings. The minimum Gasteiger partial charge on any atom is -0.369 e. The molecular weight excluding hydrogens is 240 g/mol. The zero-order valence-electron chi connectivity index (χ0n) is 11.3. The third-order valence-electron chi connectivity index (χ3n) is 3.65. The number of nitrogens with two attached hydrogens (primary N) is 1. The third-order valence-corrected chi connectivity index (χ3v) is 3.65. The quantitative estimate of drug-likeness (QED) is 0.832. The minimum atomic E-state index is -0.257. The highest BCUT2D eigenvalue weighted by molar-refractivity contribution is 5.97. The molecule has 1 atom stereocenters. The number of piperidine rings is 1. The zero-order valence-corrected chi connectivity index (χ0v) is 11.3. The van der Waals surface area contributed by atoms with Crippen molar-refractivity contribution in [3.8, 4) is 0 Å². The van der Waals surface area contributed by atoms with Crippen LogP contribution in [0.25, 0.3) is 0 Å². The molecule has 1 aromatic carbocycles. The minimum absolute atomic E-state index is 0.102. The maximum Gasteiger partial charge on any atom is 0.221 e. The summed E-state index contributed by atoms with van der Waals surface area (Å²) in [6.45, 7) is 3.83. The van der Waals surface area contributed by atoms with Crippen LogP contribution >= 0.6 is 0 Å². The predicted molar refractivity (Wildman–Crippen MR) is 73.9 cm³/mol. The third kappa shape index (κ3) is 3.64. The van der Waals surface area contributed by atoms with Gasteiger partial charge >= 0.3 is 0 Å². The van der Waals surface area contributed by atoms with Crippen LogP contribution in [0.15, 0.2) is 24.3 Å². The van der Waals surface area contributed by atoms with E-state index in [0.717, 1.165) is 30.5 Å². The topological polar surface area (TPSA) is 63.4 Å². The van der Waals surface area contributed by atoms with Crippen LogP contribution in [0.5, 0.6) is 0 Å². The number of carbonyl (C=O) groups excluding carboxylic acids is 2. The predicted octanol–water partition coefficient (Wildman–Crippen LogP) is 1.38.